The molecule has 2 aliphatic heterocycles. The van der Waals surface area contributed by atoms with Crippen LogP contribution in [0.3, 0.4) is 0 Å². The average Bonchev–Trinajstić information content (AvgIpc) is 3.09. The van der Waals surface area contributed by atoms with Gasteiger partial charge in [0.15, 0.2) is 0 Å². The van der Waals surface area contributed by atoms with E-state index in [9.17, 15) is 4.79 Å². The first-order chi connectivity index (χ1) is 12.9. The second-order valence-corrected chi connectivity index (χ2v) is 9.98. The van der Waals surface area contributed by atoms with Crippen LogP contribution in [0.4, 0.5) is 0 Å². The van der Waals surface area contributed by atoms with Crippen LogP contribution in [0.25, 0.3) is 0 Å². The number of hydrogen-bond donors (Lipinski definition) is 1. The molecule has 0 bridgehead atoms. The number of rotatable bonds is 6. The van der Waals surface area contributed by atoms with Gasteiger partial charge in [-0.1, -0.05) is 33.6 Å². The Hall–Kier alpha value is -0.610. The van der Waals surface area contributed by atoms with Crippen molar-refractivity contribution in [3.8, 4) is 0 Å². The maximum absolute atomic E-state index is 12.5. The predicted octanol–water partition coefficient (Wildman–Crippen LogP) is 4.71. The molecule has 0 aromatic rings. The highest BCUT2D eigenvalue weighted by Gasteiger charge is 2.44. The van der Waals surface area contributed by atoms with Gasteiger partial charge in [-0.25, -0.2) is 0 Å². The molecule has 1 amide bonds. The van der Waals surface area contributed by atoms with E-state index in [0.29, 0.717) is 17.4 Å². The topological polar surface area (TPSA) is 47.6 Å². The summed E-state index contributed by atoms with van der Waals surface area (Å²) in [6, 6.07) is 0. The number of hydrogen-bond acceptors (Lipinski definition) is 3. The molecule has 0 aromatic carbocycles. The van der Waals surface area contributed by atoms with E-state index in [1.165, 1.54) is 25.7 Å². The maximum atomic E-state index is 12.5. The van der Waals surface area contributed by atoms with E-state index >= 15 is 0 Å². The summed E-state index contributed by atoms with van der Waals surface area (Å²) < 4.78 is 11.9. The number of carbonyl (C=O) groups excluding carboxylic acids is 1. The standard InChI is InChI=1S/C23H41NO3/c1-16(2)21-15-23(12-14-26-21,19-8-5-17(3)6-9-19)11-13-24-22(25)20-10-7-18(4)27-20/h16-21H,5-15H2,1-4H3,(H,24,25). The van der Waals surface area contributed by atoms with E-state index in [2.05, 4.69) is 33.0 Å². The zero-order chi connectivity index (χ0) is 19.4. The second-order valence-electron chi connectivity index (χ2n) is 9.98. The third-order valence-corrected chi connectivity index (χ3v) is 7.61. The van der Waals surface area contributed by atoms with Gasteiger partial charge in [-0.05, 0) is 75.0 Å². The minimum absolute atomic E-state index is 0.0965. The van der Waals surface area contributed by atoms with Crippen molar-refractivity contribution in [3.63, 3.8) is 0 Å². The summed E-state index contributed by atoms with van der Waals surface area (Å²) >= 11 is 0. The first-order valence-corrected chi connectivity index (χ1v) is 11.4. The van der Waals surface area contributed by atoms with Crippen molar-refractivity contribution < 1.29 is 14.3 Å². The van der Waals surface area contributed by atoms with Gasteiger partial charge in [-0.2, -0.15) is 0 Å². The van der Waals surface area contributed by atoms with Gasteiger partial charge in [0.1, 0.15) is 6.10 Å². The molecule has 0 radical (unpaired) electrons. The SMILES string of the molecule is CC1CCC(C2(CCNC(=O)C3CCC(C)O3)CCOC(C(C)C)C2)CC1. The fraction of sp³-hybridized carbons (Fsp3) is 0.957. The average molecular weight is 380 g/mol. The van der Waals surface area contributed by atoms with Crippen molar-refractivity contribution >= 4 is 5.91 Å². The molecule has 4 nitrogen and oxygen atoms in total. The van der Waals surface area contributed by atoms with Gasteiger partial charge in [0.2, 0.25) is 5.91 Å². The summed E-state index contributed by atoms with van der Waals surface area (Å²) in [5.41, 5.74) is 0.338. The summed E-state index contributed by atoms with van der Waals surface area (Å²) in [4.78, 5) is 12.5. The van der Waals surface area contributed by atoms with Crippen LogP contribution in [0.15, 0.2) is 0 Å². The Labute approximate surface area is 166 Å². The van der Waals surface area contributed by atoms with E-state index in [1.807, 2.05) is 0 Å². The monoisotopic (exact) mass is 379 g/mol. The molecular weight excluding hydrogens is 338 g/mol. The highest BCUT2D eigenvalue weighted by molar-refractivity contribution is 5.80. The van der Waals surface area contributed by atoms with Crippen LogP contribution < -0.4 is 5.32 Å². The molecule has 156 valence electrons. The van der Waals surface area contributed by atoms with Crippen molar-refractivity contribution in [2.75, 3.05) is 13.2 Å². The summed E-state index contributed by atoms with van der Waals surface area (Å²) in [6.45, 7) is 10.7. The summed E-state index contributed by atoms with van der Waals surface area (Å²) in [6.07, 6.45) is 11.0. The van der Waals surface area contributed by atoms with Gasteiger partial charge >= 0.3 is 0 Å². The van der Waals surface area contributed by atoms with Gasteiger partial charge in [0.25, 0.3) is 0 Å². The van der Waals surface area contributed by atoms with Crippen LogP contribution in [-0.2, 0) is 14.3 Å². The van der Waals surface area contributed by atoms with Crippen LogP contribution in [0.1, 0.15) is 85.5 Å². The minimum atomic E-state index is -0.232. The maximum Gasteiger partial charge on any atom is 0.249 e. The lowest BCUT2D eigenvalue weighted by molar-refractivity contribution is -0.132. The third kappa shape index (κ3) is 5.26. The molecule has 3 rings (SSSR count). The van der Waals surface area contributed by atoms with Crippen molar-refractivity contribution in [2.24, 2.45) is 23.2 Å². The quantitative estimate of drug-likeness (QED) is 0.727. The summed E-state index contributed by atoms with van der Waals surface area (Å²) in [5, 5.41) is 3.20. The highest BCUT2D eigenvalue weighted by Crippen LogP contribution is 2.50. The molecule has 1 saturated carbocycles. The third-order valence-electron chi connectivity index (χ3n) is 7.61. The number of amides is 1. The molecule has 4 atom stereocenters. The lowest BCUT2D eigenvalue weighted by Crippen LogP contribution is -2.46. The Bertz CT molecular complexity index is 486. The lowest BCUT2D eigenvalue weighted by Gasteiger charge is -2.49. The van der Waals surface area contributed by atoms with Crippen LogP contribution >= 0.6 is 0 Å². The molecule has 27 heavy (non-hydrogen) atoms. The fourth-order valence-corrected chi connectivity index (χ4v) is 5.62. The van der Waals surface area contributed by atoms with Crippen LogP contribution in [0, 0.1) is 23.2 Å². The summed E-state index contributed by atoms with van der Waals surface area (Å²) in [7, 11) is 0. The van der Waals surface area contributed by atoms with Crippen molar-refractivity contribution in [3.05, 3.63) is 0 Å². The Balaban J connectivity index is 1.60. The normalized spacial score (nSPS) is 40.3. The molecule has 0 aromatic heterocycles. The number of ether oxygens (including phenoxy) is 2. The first kappa shape index (κ1) is 21.1. The smallest absolute Gasteiger partial charge is 0.249 e. The van der Waals surface area contributed by atoms with Gasteiger partial charge < -0.3 is 14.8 Å². The van der Waals surface area contributed by atoms with Gasteiger partial charge in [0.05, 0.1) is 12.2 Å². The molecule has 3 aliphatic rings. The highest BCUT2D eigenvalue weighted by atomic mass is 16.5. The second kappa shape index (κ2) is 9.26. The molecular formula is C23H41NO3. The van der Waals surface area contributed by atoms with Crippen molar-refractivity contribution in [1.29, 1.82) is 0 Å². The molecule has 1 aliphatic carbocycles. The minimum Gasteiger partial charge on any atom is -0.378 e. The summed E-state index contributed by atoms with van der Waals surface area (Å²) in [5.74, 6) is 2.33. The number of carbonyl (C=O) groups is 1. The van der Waals surface area contributed by atoms with Crippen molar-refractivity contribution in [2.45, 2.75) is 104 Å². The molecule has 3 fully saturated rings. The van der Waals surface area contributed by atoms with Gasteiger partial charge in [0, 0.05) is 13.2 Å². The molecule has 1 N–H and O–H groups in total. The molecule has 2 heterocycles. The van der Waals surface area contributed by atoms with E-state index in [0.717, 1.165) is 57.1 Å². The van der Waals surface area contributed by atoms with E-state index < -0.39 is 0 Å². The van der Waals surface area contributed by atoms with E-state index in [1.54, 1.807) is 0 Å². The first-order valence-electron chi connectivity index (χ1n) is 11.4. The Morgan fingerprint density at radius 1 is 1.11 bits per heavy atom. The fourth-order valence-electron chi connectivity index (χ4n) is 5.62. The van der Waals surface area contributed by atoms with Crippen molar-refractivity contribution in [1.82, 2.24) is 5.32 Å². The van der Waals surface area contributed by atoms with Gasteiger partial charge in [-0.15, -0.1) is 0 Å². The van der Waals surface area contributed by atoms with Crippen LogP contribution in [-0.4, -0.2) is 37.4 Å². The Morgan fingerprint density at radius 2 is 1.85 bits per heavy atom. The zero-order valence-electron chi connectivity index (χ0n) is 18.0. The zero-order valence-corrected chi connectivity index (χ0v) is 18.0. The molecule has 4 unspecified atom stereocenters. The molecule has 4 heteroatoms. The van der Waals surface area contributed by atoms with E-state index in [-0.39, 0.29) is 18.1 Å². The number of nitrogens with one attached hydrogen (secondary N) is 1. The molecule has 2 saturated heterocycles. The largest absolute Gasteiger partial charge is 0.378 e. The van der Waals surface area contributed by atoms with Gasteiger partial charge in [-0.3, -0.25) is 4.79 Å². The Kier molecular flexibility index (Phi) is 7.24. The Morgan fingerprint density at radius 3 is 2.48 bits per heavy atom. The lowest BCUT2D eigenvalue weighted by atomic mass is 9.60. The van der Waals surface area contributed by atoms with Crippen LogP contribution in [0.2, 0.25) is 0 Å². The predicted molar refractivity (Wildman–Crippen MR) is 109 cm³/mol. The van der Waals surface area contributed by atoms with Crippen LogP contribution in [0.5, 0.6) is 0 Å². The van der Waals surface area contributed by atoms with E-state index in [4.69, 9.17) is 9.47 Å². The molecule has 0 spiro atoms.